The van der Waals surface area contributed by atoms with Crippen molar-refractivity contribution in [3.05, 3.63) is 57.8 Å². The lowest BCUT2D eigenvalue weighted by atomic mass is 10.1. The van der Waals surface area contributed by atoms with E-state index in [0.717, 1.165) is 0 Å². The second-order valence-electron chi connectivity index (χ2n) is 4.62. The predicted octanol–water partition coefficient (Wildman–Crippen LogP) is 3.93. The van der Waals surface area contributed by atoms with E-state index in [4.69, 9.17) is 23.2 Å². The molecular formula is C15H14Cl2N2O2. The average molecular weight is 325 g/mol. The van der Waals surface area contributed by atoms with Crippen molar-refractivity contribution in [2.24, 2.45) is 0 Å². The second-order valence-corrected chi connectivity index (χ2v) is 5.37. The zero-order chi connectivity index (χ0) is 15.6. The summed E-state index contributed by atoms with van der Waals surface area (Å²) in [4.78, 5) is 17.8. The minimum absolute atomic E-state index is 0.0591. The first kappa shape index (κ1) is 15.6. The lowest BCUT2D eigenvalue weighted by Gasteiger charge is -2.26. The number of carbonyl (C=O) groups excluding carboxylic acids is 1. The number of hydrogen-bond acceptors (Lipinski definition) is 3. The number of para-hydroxylation sites is 1. The lowest BCUT2D eigenvalue weighted by molar-refractivity contribution is 0.0741. The fraction of sp³-hybridized carbons (Fsp3) is 0.200. The third-order valence-electron chi connectivity index (χ3n) is 3.33. The Labute approximate surface area is 132 Å². The molecule has 1 amide bonds. The fourth-order valence-corrected chi connectivity index (χ4v) is 2.41. The highest BCUT2D eigenvalue weighted by Gasteiger charge is 2.23. The summed E-state index contributed by atoms with van der Waals surface area (Å²) in [6.45, 7) is 1.82. The molecule has 21 heavy (non-hydrogen) atoms. The van der Waals surface area contributed by atoms with Gasteiger partial charge in [-0.1, -0.05) is 41.4 Å². The van der Waals surface area contributed by atoms with Crippen molar-refractivity contribution in [1.82, 2.24) is 9.88 Å². The Morgan fingerprint density at radius 3 is 2.52 bits per heavy atom. The standard InChI is InChI=1S/C15H14Cl2N2O2/c1-9(10-5-3-4-6-12(10)20)19(2)15(21)11-7-8-13(16)18-14(11)17/h3-9,20H,1-2H3. The maximum Gasteiger partial charge on any atom is 0.257 e. The molecule has 6 heteroatoms. The van der Waals surface area contributed by atoms with Crippen LogP contribution >= 0.6 is 23.2 Å². The van der Waals surface area contributed by atoms with E-state index in [0.29, 0.717) is 5.56 Å². The molecule has 1 heterocycles. The van der Waals surface area contributed by atoms with Crippen LogP contribution in [-0.4, -0.2) is 27.9 Å². The normalized spacial score (nSPS) is 12.0. The molecule has 0 fully saturated rings. The van der Waals surface area contributed by atoms with Gasteiger partial charge in [0.15, 0.2) is 0 Å². The zero-order valence-corrected chi connectivity index (χ0v) is 13.1. The molecule has 110 valence electrons. The van der Waals surface area contributed by atoms with Crippen LogP contribution in [0, 0.1) is 0 Å². The van der Waals surface area contributed by atoms with Gasteiger partial charge in [-0.2, -0.15) is 0 Å². The summed E-state index contributed by atoms with van der Waals surface area (Å²) in [5.74, 6) is -0.148. The molecule has 2 rings (SSSR count). The van der Waals surface area contributed by atoms with E-state index >= 15 is 0 Å². The molecule has 0 saturated heterocycles. The number of nitrogens with zero attached hydrogens (tertiary/aromatic N) is 2. The van der Waals surface area contributed by atoms with Gasteiger partial charge in [-0.3, -0.25) is 4.79 Å². The SMILES string of the molecule is CC(c1ccccc1O)N(C)C(=O)c1ccc(Cl)nc1Cl. The topological polar surface area (TPSA) is 53.4 Å². The van der Waals surface area contributed by atoms with Crippen molar-refractivity contribution in [3.63, 3.8) is 0 Å². The predicted molar refractivity (Wildman–Crippen MR) is 82.9 cm³/mol. The average Bonchev–Trinajstić information content (AvgIpc) is 2.45. The second kappa shape index (κ2) is 6.33. The molecule has 0 aliphatic heterocycles. The molecule has 0 bridgehead atoms. The zero-order valence-electron chi connectivity index (χ0n) is 11.5. The number of hydrogen-bond donors (Lipinski definition) is 1. The maximum absolute atomic E-state index is 12.5. The van der Waals surface area contributed by atoms with E-state index in [-0.39, 0.29) is 33.6 Å². The number of phenols is 1. The molecule has 0 spiro atoms. The Hall–Kier alpha value is -1.78. The Morgan fingerprint density at radius 1 is 1.24 bits per heavy atom. The number of amides is 1. The minimum atomic E-state index is -0.314. The van der Waals surface area contributed by atoms with Crippen molar-refractivity contribution in [1.29, 1.82) is 0 Å². The first-order chi connectivity index (χ1) is 9.91. The van der Waals surface area contributed by atoms with Crippen LogP contribution in [-0.2, 0) is 0 Å². The molecule has 1 aromatic heterocycles. The van der Waals surface area contributed by atoms with Gasteiger partial charge < -0.3 is 10.0 Å². The number of carbonyl (C=O) groups is 1. The summed E-state index contributed by atoms with van der Waals surface area (Å²) in [6, 6.07) is 9.62. The monoisotopic (exact) mass is 324 g/mol. The summed E-state index contributed by atoms with van der Waals surface area (Å²) in [7, 11) is 1.64. The van der Waals surface area contributed by atoms with E-state index in [1.807, 2.05) is 6.92 Å². The van der Waals surface area contributed by atoms with Crippen molar-refractivity contribution in [3.8, 4) is 5.75 Å². The molecule has 1 aromatic carbocycles. The van der Waals surface area contributed by atoms with Gasteiger partial charge in [0.2, 0.25) is 0 Å². The van der Waals surface area contributed by atoms with Gasteiger partial charge in [0.25, 0.3) is 5.91 Å². The van der Waals surface area contributed by atoms with E-state index in [9.17, 15) is 9.90 Å². The van der Waals surface area contributed by atoms with Crippen LogP contribution in [0.4, 0.5) is 0 Å². The van der Waals surface area contributed by atoms with Gasteiger partial charge in [0, 0.05) is 12.6 Å². The molecule has 1 atom stereocenters. The van der Waals surface area contributed by atoms with Crippen molar-refractivity contribution < 1.29 is 9.90 Å². The first-order valence-electron chi connectivity index (χ1n) is 6.29. The molecule has 1 N–H and O–H groups in total. The smallest absolute Gasteiger partial charge is 0.257 e. The van der Waals surface area contributed by atoms with E-state index in [1.165, 1.54) is 17.0 Å². The van der Waals surface area contributed by atoms with Crippen LogP contribution in [0.3, 0.4) is 0 Å². The third-order valence-corrected chi connectivity index (χ3v) is 3.83. The van der Waals surface area contributed by atoms with Gasteiger partial charge in [0.1, 0.15) is 16.1 Å². The Kier molecular flexibility index (Phi) is 4.70. The number of halogens is 2. The molecule has 2 aromatic rings. The lowest BCUT2D eigenvalue weighted by Crippen LogP contribution is -2.30. The Balaban J connectivity index is 2.29. The highest BCUT2D eigenvalue weighted by atomic mass is 35.5. The van der Waals surface area contributed by atoms with Crippen LogP contribution in [0.2, 0.25) is 10.3 Å². The largest absolute Gasteiger partial charge is 0.508 e. The van der Waals surface area contributed by atoms with Crippen molar-refractivity contribution >= 4 is 29.1 Å². The number of benzene rings is 1. The summed E-state index contributed by atoms with van der Waals surface area (Å²) < 4.78 is 0. The first-order valence-corrected chi connectivity index (χ1v) is 7.04. The maximum atomic E-state index is 12.5. The number of aromatic nitrogens is 1. The highest BCUT2D eigenvalue weighted by Crippen LogP contribution is 2.29. The van der Waals surface area contributed by atoms with Crippen LogP contribution < -0.4 is 0 Å². The molecule has 0 saturated carbocycles. The molecular weight excluding hydrogens is 311 g/mol. The number of aromatic hydroxyl groups is 1. The van der Waals surface area contributed by atoms with Crippen LogP contribution in [0.5, 0.6) is 5.75 Å². The van der Waals surface area contributed by atoms with Crippen LogP contribution in [0.1, 0.15) is 28.9 Å². The number of rotatable bonds is 3. The third kappa shape index (κ3) is 3.28. The Morgan fingerprint density at radius 2 is 1.90 bits per heavy atom. The molecule has 0 aliphatic carbocycles. The molecule has 4 nitrogen and oxygen atoms in total. The van der Waals surface area contributed by atoms with Crippen molar-refractivity contribution in [2.75, 3.05) is 7.05 Å². The summed E-state index contributed by atoms with van der Waals surface area (Å²) in [6.07, 6.45) is 0. The summed E-state index contributed by atoms with van der Waals surface area (Å²) in [5, 5.41) is 10.2. The van der Waals surface area contributed by atoms with E-state index < -0.39 is 0 Å². The highest BCUT2D eigenvalue weighted by molar-refractivity contribution is 6.34. The summed E-state index contributed by atoms with van der Waals surface area (Å²) >= 11 is 11.7. The van der Waals surface area contributed by atoms with Gasteiger partial charge in [-0.25, -0.2) is 4.98 Å². The van der Waals surface area contributed by atoms with Crippen LogP contribution in [0.25, 0.3) is 0 Å². The van der Waals surface area contributed by atoms with Crippen molar-refractivity contribution in [2.45, 2.75) is 13.0 Å². The molecule has 1 unspecified atom stereocenters. The number of phenolic OH excluding ortho intramolecular Hbond substituents is 1. The number of pyridine rings is 1. The molecule has 0 radical (unpaired) electrons. The van der Waals surface area contributed by atoms with Gasteiger partial charge >= 0.3 is 0 Å². The fourth-order valence-electron chi connectivity index (χ4n) is 1.99. The molecule has 0 aliphatic rings. The quantitative estimate of drug-likeness (QED) is 0.870. The van der Waals surface area contributed by atoms with Gasteiger partial charge in [0.05, 0.1) is 11.6 Å². The Bertz CT molecular complexity index is 676. The minimum Gasteiger partial charge on any atom is -0.508 e. The van der Waals surface area contributed by atoms with Gasteiger partial charge in [-0.15, -0.1) is 0 Å². The summed E-state index contributed by atoms with van der Waals surface area (Å²) in [5.41, 5.74) is 0.928. The van der Waals surface area contributed by atoms with E-state index in [1.54, 1.807) is 31.3 Å². The van der Waals surface area contributed by atoms with E-state index in [2.05, 4.69) is 4.98 Å². The van der Waals surface area contributed by atoms with Gasteiger partial charge in [-0.05, 0) is 25.1 Å². The van der Waals surface area contributed by atoms with Crippen LogP contribution in [0.15, 0.2) is 36.4 Å².